The predicted octanol–water partition coefficient (Wildman–Crippen LogP) is 2.89. The number of nitrogens with one attached hydrogen (secondary N) is 3. The molecular formula is C30H39N3O9. The largest absolute Gasteiger partial charge is 0.488 e. The number of benzene rings is 2. The van der Waals surface area contributed by atoms with Crippen molar-refractivity contribution in [2.75, 3.05) is 0 Å². The summed E-state index contributed by atoms with van der Waals surface area (Å²) in [5.41, 5.74) is 0.855. The molecule has 2 rings (SSSR count). The molecule has 0 bridgehead atoms. The maximum Gasteiger partial charge on any atom is 0.408 e. The summed E-state index contributed by atoms with van der Waals surface area (Å²) in [6.45, 7) is 8.80. The summed E-state index contributed by atoms with van der Waals surface area (Å²) in [5, 5.41) is 26.0. The van der Waals surface area contributed by atoms with Crippen molar-refractivity contribution in [3.8, 4) is 5.75 Å². The lowest BCUT2D eigenvalue weighted by Gasteiger charge is -2.25. The van der Waals surface area contributed by atoms with E-state index in [1.54, 1.807) is 68.4 Å². The van der Waals surface area contributed by atoms with Gasteiger partial charge in [0.15, 0.2) is 0 Å². The second-order valence-electron chi connectivity index (χ2n) is 11.0. The smallest absolute Gasteiger partial charge is 0.408 e. The molecular weight excluding hydrogens is 546 g/mol. The molecule has 0 spiro atoms. The molecule has 12 nitrogen and oxygen atoms in total. The second-order valence-corrected chi connectivity index (χ2v) is 11.0. The van der Waals surface area contributed by atoms with Gasteiger partial charge in [-0.05, 0) is 49.9 Å². The van der Waals surface area contributed by atoms with Crippen molar-refractivity contribution in [1.82, 2.24) is 16.0 Å². The van der Waals surface area contributed by atoms with E-state index in [-0.39, 0.29) is 13.0 Å². The normalized spacial score (nSPS) is 13.3. The average Bonchev–Trinajstić information content (AvgIpc) is 2.89. The zero-order chi connectivity index (χ0) is 31.4. The quantitative estimate of drug-likeness (QED) is 0.223. The number of amides is 3. The van der Waals surface area contributed by atoms with Crippen molar-refractivity contribution in [3.05, 3.63) is 65.7 Å². The first-order valence-electron chi connectivity index (χ1n) is 13.4. The zero-order valence-corrected chi connectivity index (χ0v) is 24.4. The third-order valence-corrected chi connectivity index (χ3v) is 5.85. The molecule has 228 valence electrons. The average molecular weight is 586 g/mol. The Kier molecular flexibility index (Phi) is 12.3. The first-order chi connectivity index (χ1) is 19.6. The molecule has 3 atom stereocenters. The number of carboxylic acid groups (broad SMARTS) is 2. The van der Waals surface area contributed by atoms with Crippen LogP contribution in [0.2, 0.25) is 0 Å². The third-order valence-electron chi connectivity index (χ3n) is 5.85. The first-order valence-corrected chi connectivity index (χ1v) is 13.4. The van der Waals surface area contributed by atoms with Crippen molar-refractivity contribution < 1.29 is 43.7 Å². The number of carboxylic acids is 2. The Morgan fingerprint density at radius 3 is 1.90 bits per heavy atom. The van der Waals surface area contributed by atoms with Gasteiger partial charge in [0.2, 0.25) is 11.8 Å². The Morgan fingerprint density at radius 1 is 0.786 bits per heavy atom. The van der Waals surface area contributed by atoms with Gasteiger partial charge >= 0.3 is 18.0 Å². The highest BCUT2D eigenvalue weighted by molar-refractivity contribution is 5.94. The molecule has 3 amide bonds. The maximum atomic E-state index is 13.2. The van der Waals surface area contributed by atoms with Crippen LogP contribution in [0.25, 0.3) is 0 Å². The van der Waals surface area contributed by atoms with E-state index in [9.17, 15) is 34.2 Å². The summed E-state index contributed by atoms with van der Waals surface area (Å²) < 4.78 is 10.9. The van der Waals surface area contributed by atoms with Gasteiger partial charge in [-0.2, -0.15) is 0 Å². The Hall–Kier alpha value is -4.61. The van der Waals surface area contributed by atoms with Crippen LogP contribution < -0.4 is 20.7 Å². The fraction of sp³-hybridized carbons (Fsp3) is 0.433. The molecule has 2 aromatic rings. The molecule has 42 heavy (non-hydrogen) atoms. The van der Waals surface area contributed by atoms with Crippen LogP contribution in [0.4, 0.5) is 4.79 Å². The fourth-order valence-electron chi connectivity index (χ4n) is 3.82. The second kappa shape index (κ2) is 15.4. The van der Waals surface area contributed by atoms with Gasteiger partial charge in [-0.15, -0.1) is 0 Å². The topological polar surface area (TPSA) is 180 Å². The molecule has 0 radical (unpaired) electrons. The Bertz CT molecular complexity index is 1220. The predicted molar refractivity (Wildman–Crippen MR) is 153 cm³/mol. The van der Waals surface area contributed by atoms with E-state index in [0.717, 1.165) is 0 Å². The van der Waals surface area contributed by atoms with Crippen LogP contribution in [0.5, 0.6) is 5.75 Å². The van der Waals surface area contributed by atoms with Crippen LogP contribution in [-0.4, -0.2) is 63.8 Å². The monoisotopic (exact) mass is 585 g/mol. The first kappa shape index (κ1) is 33.6. The van der Waals surface area contributed by atoms with E-state index in [4.69, 9.17) is 9.47 Å². The number of hydrogen-bond acceptors (Lipinski definition) is 7. The summed E-state index contributed by atoms with van der Waals surface area (Å²) >= 11 is 0. The van der Waals surface area contributed by atoms with Gasteiger partial charge in [0.25, 0.3) is 0 Å². The minimum Gasteiger partial charge on any atom is -0.488 e. The minimum atomic E-state index is -1.58. The zero-order valence-electron chi connectivity index (χ0n) is 24.4. The molecule has 2 aromatic carbocycles. The van der Waals surface area contributed by atoms with E-state index >= 15 is 0 Å². The van der Waals surface area contributed by atoms with E-state index in [1.165, 1.54) is 0 Å². The molecule has 0 heterocycles. The SMILES string of the molecule is CC(C)[C@H](NC(=O)[C@H](Cc1ccc(OC(C)(C)C)cc1)NC(=O)[C@H](CC(=O)O)NC(=O)OCc1ccccc1)C(=O)O. The molecule has 0 aliphatic carbocycles. The lowest BCUT2D eigenvalue weighted by atomic mass is 10.0. The van der Waals surface area contributed by atoms with Crippen molar-refractivity contribution in [3.63, 3.8) is 0 Å². The number of carbonyl (C=O) groups excluding carboxylic acids is 3. The van der Waals surface area contributed by atoms with Crippen LogP contribution >= 0.6 is 0 Å². The molecule has 12 heteroatoms. The van der Waals surface area contributed by atoms with E-state index in [1.807, 2.05) is 20.8 Å². The van der Waals surface area contributed by atoms with E-state index in [0.29, 0.717) is 16.9 Å². The lowest BCUT2D eigenvalue weighted by molar-refractivity contribution is -0.144. The minimum absolute atomic E-state index is 0.0595. The van der Waals surface area contributed by atoms with Crippen molar-refractivity contribution in [1.29, 1.82) is 0 Å². The highest BCUT2D eigenvalue weighted by atomic mass is 16.5. The summed E-state index contributed by atoms with van der Waals surface area (Å²) in [5.74, 6) is -4.25. The van der Waals surface area contributed by atoms with Crippen LogP contribution in [-0.2, 0) is 36.9 Å². The maximum absolute atomic E-state index is 13.2. The van der Waals surface area contributed by atoms with Gasteiger partial charge < -0.3 is 35.6 Å². The summed E-state index contributed by atoms with van der Waals surface area (Å²) in [7, 11) is 0. The molecule has 0 unspecified atom stereocenters. The highest BCUT2D eigenvalue weighted by Gasteiger charge is 2.32. The molecule has 0 aromatic heterocycles. The van der Waals surface area contributed by atoms with E-state index < -0.39 is 65.9 Å². The van der Waals surface area contributed by atoms with Crippen LogP contribution in [0, 0.1) is 5.92 Å². The third kappa shape index (κ3) is 11.9. The highest BCUT2D eigenvalue weighted by Crippen LogP contribution is 2.19. The fourth-order valence-corrected chi connectivity index (χ4v) is 3.82. The van der Waals surface area contributed by atoms with Gasteiger partial charge in [0.05, 0.1) is 6.42 Å². The van der Waals surface area contributed by atoms with Crippen LogP contribution in [0.3, 0.4) is 0 Å². The van der Waals surface area contributed by atoms with Crippen molar-refractivity contribution in [2.24, 2.45) is 5.92 Å². The van der Waals surface area contributed by atoms with Gasteiger partial charge in [-0.25, -0.2) is 9.59 Å². The Labute approximate surface area is 244 Å². The summed E-state index contributed by atoms with van der Waals surface area (Å²) in [6.07, 6.45) is -1.87. The lowest BCUT2D eigenvalue weighted by Crippen LogP contribution is -2.57. The van der Waals surface area contributed by atoms with Gasteiger partial charge in [0.1, 0.15) is 36.1 Å². The van der Waals surface area contributed by atoms with Crippen LogP contribution in [0.15, 0.2) is 54.6 Å². The summed E-state index contributed by atoms with van der Waals surface area (Å²) in [6, 6.07) is 11.4. The van der Waals surface area contributed by atoms with E-state index in [2.05, 4.69) is 16.0 Å². The standard InChI is InChI=1S/C30H39N3O9/c1-18(2)25(28(38)39)33-27(37)22(15-19-11-13-21(14-12-19)42-30(3,4)5)31-26(36)23(16-24(34)35)32-29(40)41-17-20-9-7-6-8-10-20/h6-14,18,22-23,25H,15-17H2,1-5H3,(H,31,36)(H,32,40)(H,33,37)(H,34,35)(H,38,39)/t22-,23-,25-/m0/s1. The van der Waals surface area contributed by atoms with Crippen molar-refractivity contribution in [2.45, 2.75) is 77.8 Å². The molecule has 0 aliphatic heterocycles. The Balaban J connectivity index is 2.23. The number of ether oxygens (including phenoxy) is 2. The van der Waals surface area contributed by atoms with Gasteiger partial charge in [0, 0.05) is 6.42 Å². The summed E-state index contributed by atoms with van der Waals surface area (Å²) in [4.78, 5) is 62.0. The number of alkyl carbamates (subject to hydrolysis) is 1. The van der Waals surface area contributed by atoms with Gasteiger partial charge in [-0.1, -0.05) is 56.3 Å². The molecule has 0 saturated heterocycles. The molecule has 0 saturated carbocycles. The van der Waals surface area contributed by atoms with Gasteiger partial charge in [-0.3, -0.25) is 14.4 Å². The molecule has 0 fully saturated rings. The number of hydrogen-bond donors (Lipinski definition) is 5. The Morgan fingerprint density at radius 2 is 1.38 bits per heavy atom. The molecule has 0 aliphatic rings. The number of aliphatic carboxylic acids is 2. The molecule has 5 N–H and O–H groups in total. The number of carbonyl (C=O) groups is 5. The number of rotatable bonds is 14. The van der Waals surface area contributed by atoms with Crippen molar-refractivity contribution >= 4 is 29.8 Å². The van der Waals surface area contributed by atoms with Crippen LogP contribution in [0.1, 0.15) is 52.2 Å².